The molecule has 0 bridgehead atoms. The number of hydrogen-bond acceptors (Lipinski definition) is 5. The number of furan rings is 1. The molecule has 2 heterocycles. The number of anilines is 1. The van der Waals surface area contributed by atoms with Gasteiger partial charge in [-0.05, 0) is 18.6 Å². The van der Waals surface area contributed by atoms with Crippen molar-refractivity contribution in [3.05, 3.63) is 42.1 Å². The lowest BCUT2D eigenvalue weighted by Crippen LogP contribution is -2.23. The van der Waals surface area contributed by atoms with Gasteiger partial charge in [0.25, 0.3) is 5.91 Å². The Hall–Kier alpha value is -2.37. The third-order valence-electron chi connectivity index (χ3n) is 2.98. The number of nitrogens with one attached hydrogen (secondary N) is 2. The Morgan fingerprint density at radius 3 is 2.76 bits per heavy atom. The van der Waals surface area contributed by atoms with Crippen molar-refractivity contribution in [2.45, 2.75) is 32.7 Å². The van der Waals surface area contributed by atoms with Crippen molar-refractivity contribution in [2.75, 3.05) is 11.9 Å². The standard InChI is InChI=1S/C15H20N4O2/c1-2-3-4-7-16-15-18-9-12(10-19-15)14(20)17-11-13-6-5-8-21-13/h5-6,8-10H,2-4,7,11H2,1H3,(H,17,20)(H,16,18,19). The van der Waals surface area contributed by atoms with E-state index >= 15 is 0 Å². The van der Waals surface area contributed by atoms with Crippen LogP contribution < -0.4 is 10.6 Å². The molecule has 21 heavy (non-hydrogen) atoms. The average Bonchev–Trinajstić information content (AvgIpc) is 3.03. The van der Waals surface area contributed by atoms with Crippen LogP contribution in [0.25, 0.3) is 0 Å². The molecule has 0 saturated heterocycles. The van der Waals surface area contributed by atoms with E-state index in [4.69, 9.17) is 4.42 Å². The summed E-state index contributed by atoms with van der Waals surface area (Å²) in [5, 5.41) is 5.88. The fraction of sp³-hybridized carbons (Fsp3) is 0.400. The van der Waals surface area contributed by atoms with Crippen molar-refractivity contribution in [2.24, 2.45) is 0 Å². The van der Waals surface area contributed by atoms with Crippen molar-refractivity contribution in [1.82, 2.24) is 15.3 Å². The molecule has 0 aromatic carbocycles. The molecule has 0 aliphatic carbocycles. The molecule has 2 aromatic heterocycles. The zero-order valence-electron chi connectivity index (χ0n) is 12.1. The number of aromatic nitrogens is 2. The number of carbonyl (C=O) groups excluding carboxylic acids is 1. The monoisotopic (exact) mass is 288 g/mol. The predicted octanol–water partition coefficient (Wildman–Crippen LogP) is 2.60. The van der Waals surface area contributed by atoms with Crippen molar-refractivity contribution in [3.8, 4) is 0 Å². The smallest absolute Gasteiger partial charge is 0.254 e. The molecule has 112 valence electrons. The van der Waals surface area contributed by atoms with E-state index in [0.29, 0.717) is 23.8 Å². The molecule has 1 amide bonds. The Morgan fingerprint density at radius 2 is 2.10 bits per heavy atom. The van der Waals surface area contributed by atoms with Gasteiger partial charge in [0, 0.05) is 18.9 Å². The van der Waals surface area contributed by atoms with Gasteiger partial charge in [-0.2, -0.15) is 0 Å². The molecule has 6 nitrogen and oxygen atoms in total. The lowest BCUT2D eigenvalue weighted by molar-refractivity contribution is 0.0947. The van der Waals surface area contributed by atoms with E-state index in [0.717, 1.165) is 13.0 Å². The minimum atomic E-state index is -0.219. The lowest BCUT2D eigenvalue weighted by atomic mass is 10.2. The van der Waals surface area contributed by atoms with Crippen LogP contribution in [-0.4, -0.2) is 22.4 Å². The van der Waals surface area contributed by atoms with Crippen LogP contribution in [0.1, 0.15) is 42.3 Å². The number of nitrogens with zero attached hydrogens (tertiary/aromatic N) is 2. The highest BCUT2D eigenvalue weighted by molar-refractivity contribution is 5.93. The van der Waals surface area contributed by atoms with Crippen LogP contribution in [0, 0.1) is 0 Å². The summed E-state index contributed by atoms with van der Waals surface area (Å²) in [6.07, 6.45) is 8.06. The minimum Gasteiger partial charge on any atom is -0.467 e. The topological polar surface area (TPSA) is 80.0 Å². The van der Waals surface area contributed by atoms with Crippen LogP contribution in [0.15, 0.2) is 35.2 Å². The minimum absolute atomic E-state index is 0.219. The first kappa shape index (κ1) is 15.0. The highest BCUT2D eigenvalue weighted by Crippen LogP contribution is 2.03. The molecule has 0 unspecified atom stereocenters. The van der Waals surface area contributed by atoms with Crippen LogP contribution in [0.3, 0.4) is 0 Å². The molecule has 6 heteroatoms. The number of rotatable bonds is 8. The molecule has 2 N–H and O–H groups in total. The lowest BCUT2D eigenvalue weighted by Gasteiger charge is -2.05. The van der Waals surface area contributed by atoms with Crippen LogP contribution in [-0.2, 0) is 6.54 Å². The maximum absolute atomic E-state index is 11.9. The van der Waals surface area contributed by atoms with Gasteiger partial charge in [-0.25, -0.2) is 9.97 Å². The number of hydrogen-bond donors (Lipinski definition) is 2. The molecule has 0 spiro atoms. The third kappa shape index (κ3) is 4.91. The summed E-state index contributed by atoms with van der Waals surface area (Å²) in [6, 6.07) is 3.59. The van der Waals surface area contributed by atoms with Crippen molar-refractivity contribution in [1.29, 1.82) is 0 Å². The summed E-state index contributed by atoms with van der Waals surface area (Å²) in [4.78, 5) is 20.2. The third-order valence-corrected chi connectivity index (χ3v) is 2.98. The molecule has 0 saturated carbocycles. The van der Waals surface area contributed by atoms with Crippen LogP contribution in [0.4, 0.5) is 5.95 Å². The van der Waals surface area contributed by atoms with E-state index in [1.807, 2.05) is 0 Å². The summed E-state index contributed by atoms with van der Waals surface area (Å²) < 4.78 is 5.15. The van der Waals surface area contributed by atoms with Gasteiger partial charge >= 0.3 is 0 Å². The van der Waals surface area contributed by atoms with Crippen LogP contribution in [0.2, 0.25) is 0 Å². The molecule has 0 radical (unpaired) electrons. The molecule has 0 fully saturated rings. The van der Waals surface area contributed by atoms with E-state index in [1.165, 1.54) is 25.2 Å². The van der Waals surface area contributed by atoms with Crippen LogP contribution in [0.5, 0.6) is 0 Å². The summed E-state index contributed by atoms with van der Waals surface area (Å²) in [6.45, 7) is 3.35. The molecular formula is C15H20N4O2. The normalized spacial score (nSPS) is 10.3. The zero-order valence-corrected chi connectivity index (χ0v) is 12.1. The van der Waals surface area contributed by atoms with Gasteiger partial charge < -0.3 is 15.1 Å². The molecule has 0 atom stereocenters. The second-order valence-corrected chi connectivity index (χ2v) is 4.69. The molecule has 0 aliphatic heterocycles. The second-order valence-electron chi connectivity index (χ2n) is 4.69. The first-order valence-electron chi connectivity index (χ1n) is 7.16. The maximum Gasteiger partial charge on any atom is 0.254 e. The predicted molar refractivity (Wildman–Crippen MR) is 79.9 cm³/mol. The molecule has 2 aromatic rings. The van der Waals surface area contributed by atoms with E-state index in [1.54, 1.807) is 18.4 Å². The van der Waals surface area contributed by atoms with E-state index < -0.39 is 0 Å². The highest BCUT2D eigenvalue weighted by atomic mass is 16.3. The number of unbranched alkanes of at least 4 members (excludes halogenated alkanes) is 2. The summed E-state index contributed by atoms with van der Waals surface area (Å²) in [5.41, 5.74) is 0.431. The summed E-state index contributed by atoms with van der Waals surface area (Å²) in [5.74, 6) is 1.04. The fourth-order valence-electron chi connectivity index (χ4n) is 1.79. The van der Waals surface area contributed by atoms with Gasteiger partial charge in [0.15, 0.2) is 0 Å². The first-order valence-corrected chi connectivity index (χ1v) is 7.16. The second kappa shape index (κ2) is 8.04. The van der Waals surface area contributed by atoms with Gasteiger partial charge in [-0.3, -0.25) is 4.79 Å². The maximum atomic E-state index is 11.9. The Labute approximate surface area is 124 Å². The van der Waals surface area contributed by atoms with E-state index in [-0.39, 0.29) is 5.91 Å². The SMILES string of the molecule is CCCCCNc1ncc(C(=O)NCc2ccco2)cn1. The Balaban J connectivity index is 1.79. The highest BCUT2D eigenvalue weighted by Gasteiger charge is 2.07. The van der Waals surface area contributed by atoms with Gasteiger partial charge in [-0.1, -0.05) is 19.8 Å². The Bertz CT molecular complexity index is 537. The number of amides is 1. The van der Waals surface area contributed by atoms with Crippen molar-refractivity contribution >= 4 is 11.9 Å². The average molecular weight is 288 g/mol. The van der Waals surface area contributed by atoms with E-state index in [2.05, 4.69) is 27.5 Å². The zero-order chi connectivity index (χ0) is 14.9. The van der Waals surface area contributed by atoms with Gasteiger partial charge in [-0.15, -0.1) is 0 Å². The van der Waals surface area contributed by atoms with Crippen molar-refractivity contribution < 1.29 is 9.21 Å². The number of carbonyl (C=O) groups is 1. The molecule has 2 rings (SSSR count). The largest absolute Gasteiger partial charge is 0.467 e. The quantitative estimate of drug-likeness (QED) is 0.730. The molecule has 0 aliphatic rings. The van der Waals surface area contributed by atoms with Gasteiger partial charge in [0.1, 0.15) is 5.76 Å². The Kier molecular flexibility index (Phi) is 5.75. The fourth-order valence-corrected chi connectivity index (χ4v) is 1.79. The summed E-state index contributed by atoms with van der Waals surface area (Å²) >= 11 is 0. The summed E-state index contributed by atoms with van der Waals surface area (Å²) in [7, 11) is 0. The van der Waals surface area contributed by atoms with Gasteiger partial charge in [0.05, 0.1) is 18.4 Å². The van der Waals surface area contributed by atoms with Gasteiger partial charge in [0.2, 0.25) is 5.95 Å². The van der Waals surface area contributed by atoms with E-state index in [9.17, 15) is 4.79 Å². The molecular weight excluding hydrogens is 268 g/mol. The first-order chi connectivity index (χ1) is 10.3. The van der Waals surface area contributed by atoms with Crippen molar-refractivity contribution in [3.63, 3.8) is 0 Å². The van der Waals surface area contributed by atoms with Crippen LogP contribution >= 0.6 is 0 Å². The Morgan fingerprint density at radius 1 is 1.29 bits per heavy atom.